The molecular formula is C11H17ClN2O2S. The minimum atomic E-state index is -0.187. The van der Waals surface area contributed by atoms with Crippen LogP contribution in [0.3, 0.4) is 0 Å². The van der Waals surface area contributed by atoms with Crippen LogP contribution in [0.5, 0.6) is 0 Å². The van der Waals surface area contributed by atoms with E-state index in [4.69, 9.17) is 5.73 Å². The van der Waals surface area contributed by atoms with Crippen LogP contribution in [0.1, 0.15) is 25.7 Å². The van der Waals surface area contributed by atoms with Gasteiger partial charge in [-0.15, -0.1) is 12.4 Å². The Bertz CT molecular complexity index is 342. The predicted octanol–water partition coefficient (Wildman–Crippen LogP) is 2.14. The molecule has 0 spiro atoms. The lowest BCUT2D eigenvalue weighted by molar-refractivity contribution is -0.122. The van der Waals surface area contributed by atoms with Crippen molar-refractivity contribution in [2.45, 2.75) is 25.7 Å². The van der Waals surface area contributed by atoms with Gasteiger partial charge in [-0.2, -0.15) is 0 Å². The molecule has 0 bridgehead atoms. The van der Waals surface area contributed by atoms with Gasteiger partial charge >= 0.3 is 0 Å². The molecule has 2 N–H and O–H groups in total. The van der Waals surface area contributed by atoms with Crippen LogP contribution in [0.15, 0.2) is 11.0 Å². The lowest BCUT2D eigenvalue weighted by Gasteiger charge is -2.09. The smallest absolute Gasteiger partial charge is 0.293 e. The van der Waals surface area contributed by atoms with Crippen molar-refractivity contribution in [3.05, 3.63) is 11.0 Å². The first-order chi connectivity index (χ1) is 7.72. The van der Waals surface area contributed by atoms with Crippen molar-refractivity contribution < 1.29 is 9.59 Å². The van der Waals surface area contributed by atoms with Crippen molar-refractivity contribution in [1.29, 1.82) is 0 Å². The second-order valence-corrected chi connectivity index (χ2v) is 5.20. The summed E-state index contributed by atoms with van der Waals surface area (Å²) in [4.78, 5) is 25.0. The SMILES string of the molecule is Cl.NCCN1C(=O)S/C(=C\CCC2CC2)C1=O. The van der Waals surface area contributed by atoms with Crippen LogP contribution in [0.4, 0.5) is 4.79 Å². The van der Waals surface area contributed by atoms with Crippen molar-refractivity contribution >= 4 is 35.3 Å². The molecule has 0 atom stereocenters. The summed E-state index contributed by atoms with van der Waals surface area (Å²) in [5, 5.41) is -0.187. The Morgan fingerprint density at radius 2 is 2.12 bits per heavy atom. The number of allylic oxidation sites excluding steroid dienone is 1. The largest absolute Gasteiger partial charge is 0.329 e. The second kappa shape index (κ2) is 6.42. The highest BCUT2D eigenvalue weighted by molar-refractivity contribution is 8.18. The Labute approximate surface area is 111 Å². The molecule has 0 aromatic heterocycles. The van der Waals surface area contributed by atoms with E-state index in [9.17, 15) is 9.59 Å². The van der Waals surface area contributed by atoms with Crippen LogP contribution in [0.25, 0.3) is 0 Å². The Morgan fingerprint density at radius 1 is 1.41 bits per heavy atom. The third kappa shape index (κ3) is 3.72. The van der Waals surface area contributed by atoms with E-state index in [1.807, 2.05) is 6.08 Å². The van der Waals surface area contributed by atoms with Crippen molar-refractivity contribution in [2.24, 2.45) is 11.7 Å². The highest BCUT2D eigenvalue weighted by Crippen LogP contribution is 2.35. The first-order valence-electron chi connectivity index (χ1n) is 5.66. The van der Waals surface area contributed by atoms with Gasteiger partial charge < -0.3 is 5.73 Å². The van der Waals surface area contributed by atoms with Crippen LogP contribution in [0.2, 0.25) is 0 Å². The number of carbonyl (C=O) groups excluding carboxylic acids is 2. The quantitative estimate of drug-likeness (QED) is 0.782. The molecule has 1 aliphatic carbocycles. The summed E-state index contributed by atoms with van der Waals surface area (Å²) in [5.41, 5.74) is 5.35. The highest BCUT2D eigenvalue weighted by Gasteiger charge is 2.34. The molecule has 0 unspecified atom stereocenters. The molecule has 4 nitrogen and oxygen atoms in total. The van der Waals surface area contributed by atoms with Crippen LogP contribution in [-0.2, 0) is 4.79 Å². The summed E-state index contributed by atoms with van der Waals surface area (Å²) < 4.78 is 0. The number of hydrogen-bond donors (Lipinski definition) is 1. The first-order valence-corrected chi connectivity index (χ1v) is 6.48. The van der Waals surface area contributed by atoms with Crippen molar-refractivity contribution in [1.82, 2.24) is 4.90 Å². The fraction of sp³-hybridized carbons (Fsp3) is 0.636. The number of thioether (sulfide) groups is 1. The number of amides is 2. The molecule has 1 heterocycles. The molecule has 0 aromatic rings. The predicted molar refractivity (Wildman–Crippen MR) is 71.0 cm³/mol. The number of rotatable bonds is 5. The van der Waals surface area contributed by atoms with E-state index in [0.717, 1.165) is 30.5 Å². The van der Waals surface area contributed by atoms with Crippen LogP contribution >= 0.6 is 24.2 Å². The number of nitrogens with two attached hydrogens (primary N) is 1. The molecule has 1 saturated carbocycles. The van der Waals surface area contributed by atoms with E-state index in [1.54, 1.807) is 0 Å². The van der Waals surface area contributed by atoms with Gasteiger partial charge in [-0.1, -0.05) is 18.9 Å². The third-order valence-electron chi connectivity index (χ3n) is 2.83. The van der Waals surface area contributed by atoms with E-state index in [1.165, 1.54) is 17.7 Å². The van der Waals surface area contributed by atoms with E-state index in [-0.39, 0.29) is 23.6 Å². The molecule has 2 rings (SSSR count). The minimum absolute atomic E-state index is 0. The monoisotopic (exact) mass is 276 g/mol. The topological polar surface area (TPSA) is 63.4 Å². The number of carbonyl (C=O) groups is 2. The molecule has 2 amide bonds. The van der Waals surface area contributed by atoms with Gasteiger partial charge in [0.2, 0.25) is 0 Å². The van der Waals surface area contributed by atoms with E-state index < -0.39 is 0 Å². The highest BCUT2D eigenvalue weighted by atomic mass is 35.5. The van der Waals surface area contributed by atoms with Crippen molar-refractivity contribution in [2.75, 3.05) is 13.1 Å². The maximum absolute atomic E-state index is 11.8. The van der Waals surface area contributed by atoms with Crippen molar-refractivity contribution in [3.63, 3.8) is 0 Å². The van der Waals surface area contributed by atoms with Crippen LogP contribution in [-0.4, -0.2) is 29.1 Å². The summed E-state index contributed by atoms with van der Waals surface area (Å²) in [6.45, 7) is 0.651. The summed E-state index contributed by atoms with van der Waals surface area (Å²) in [6.07, 6.45) is 6.59. The standard InChI is InChI=1S/C11H16N2O2S.ClH/c12-6-7-13-10(14)9(16-11(13)15)3-1-2-8-4-5-8;/h3,8H,1-2,4-7,12H2;1H/b9-3-;. The molecule has 17 heavy (non-hydrogen) atoms. The lowest BCUT2D eigenvalue weighted by Crippen LogP contribution is -2.33. The van der Waals surface area contributed by atoms with Crippen molar-refractivity contribution in [3.8, 4) is 0 Å². The fourth-order valence-corrected chi connectivity index (χ4v) is 2.59. The maximum Gasteiger partial charge on any atom is 0.293 e. The second-order valence-electron chi connectivity index (χ2n) is 4.20. The zero-order valence-electron chi connectivity index (χ0n) is 9.55. The van der Waals surface area contributed by atoms with E-state index in [2.05, 4.69) is 0 Å². The van der Waals surface area contributed by atoms with Gasteiger partial charge in [0.25, 0.3) is 11.1 Å². The molecule has 1 aliphatic heterocycles. The van der Waals surface area contributed by atoms with Crippen LogP contribution < -0.4 is 5.73 Å². The van der Waals surface area contributed by atoms with Gasteiger partial charge in [-0.25, -0.2) is 0 Å². The molecule has 2 aliphatic rings. The molecular weight excluding hydrogens is 260 g/mol. The third-order valence-corrected chi connectivity index (χ3v) is 3.78. The summed E-state index contributed by atoms with van der Waals surface area (Å²) in [7, 11) is 0. The average Bonchev–Trinajstić information content (AvgIpc) is 3.03. The maximum atomic E-state index is 11.8. The first kappa shape index (κ1) is 14.5. The number of hydrogen-bond acceptors (Lipinski definition) is 4. The van der Waals surface area contributed by atoms with Gasteiger partial charge in [0.15, 0.2) is 0 Å². The zero-order valence-corrected chi connectivity index (χ0v) is 11.2. The summed E-state index contributed by atoms with van der Waals surface area (Å²) in [6, 6.07) is 0. The molecule has 1 saturated heterocycles. The molecule has 0 aromatic carbocycles. The van der Waals surface area contributed by atoms with Gasteiger partial charge in [0, 0.05) is 13.1 Å². The van der Waals surface area contributed by atoms with Gasteiger partial charge in [0.05, 0.1) is 4.91 Å². The molecule has 2 fully saturated rings. The summed E-state index contributed by atoms with van der Waals surface area (Å²) >= 11 is 1.04. The van der Waals surface area contributed by atoms with E-state index >= 15 is 0 Å². The van der Waals surface area contributed by atoms with Gasteiger partial charge in [-0.05, 0) is 30.5 Å². The molecule has 0 radical (unpaired) electrons. The van der Waals surface area contributed by atoms with E-state index in [0.29, 0.717) is 18.0 Å². The Morgan fingerprint density at radius 3 is 2.71 bits per heavy atom. The minimum Gasteiger partial charge on any atom is -0.329 e. The average molecular weight is 277 g/mol. The molecule has 96 valence electrons. The van der Waals surface area contributed by atoms with Crippen LogP contribution in [0, 0.1) is 5.92 Å². The fourth-order valence-electron chi connectivity index (χ4n) is 1.72. The number of halogens is 1. The Kier molecular flexibility index (Phi) is 5.49. The number of nitrogens with zero attached hydrogens (tertiary/aromatic N) is 1. The lowest BCUT2D eigenvalue weighted by atomic mass is 10.2. The zero-order chi connectivity index (χ0) is 11.5. The summed E-state index contributed by atoms with van der Waals surface area (Å²) in [5.74, 6) is 0.686. The van der Waals surface area contributed by atoms with Gasteiger partial charge in [0.1, 0.15) is 0 Å². The van der Waals surface area contributed by atoms with Gasteiger partial charge in [-0.3, -0.25) is 14.5 Å². The molecule has 6 heteroatoms. The Hall–Kier alpha value is -0.520. The Balaban J connectivity index is 0.00000144. The number of imide groups is 1. The normalized spacial score (nSPS) is 22.2.